The molecule has 0 heterocycles. The summed E-state index contributed by atoms with van der Waals surface area (Å²) in [5, 5.41) is 0. The second-order valence-corrected chi connectivity index (χ2v) is 4.95. The van der Waals surface area contributed by atoms with E-state index in [1.165, 1.54) is 14.7 Å². The van der Waals surface area contributed by atoms with Crippen LogP contribution in [0.3, 0.4) is 0 Å². The Bertz CT molecular complexity index is 532. The third kappa shape index (κ3) is 2.32. The first-order valence-corrected chi connectivity index (χ1v) is 6.10. The lowest BCUT2D eigenvalue weighted by atomic mass is 9.99. The van der Waals surface area contributed by atoms with Crippen molar-refractivity contribution < 1.29 is 4.79 Å². The van der Waals surface area contributed by atoms with Gasteiger partial charge in [0.15, 0.2) is 0 Å². The van der Waals surface area contributed by atoms with E-state index in [9.17, 15) is 4.79 Å². The van der Waals surface area contributed by atoms with Gasteiger partial charge in [0.2, 0.25) is 0 Å². The molecular weight excluding hydrogens is 311 g/mol. The Morgan fingerprint density at radius 3 is 2.62 bits per heavy atom. The monoisotopic (exact) mass is 322 g/mol. The fourth-order valence-corrected chi connectivity index (χ4v) is 2.38. The number of halogens is 1. The Kier molecular flexibility index (Phi) is 3.39. The SMILES string of the molecule is Cc1cc(I)ccc1-c1cccc(C=O)c1. The van der Waals surface area contributed by atoms with Crippen LogP contribution >= 0.6 is 22.6 Å². The normalized spacial score (nSPS) is 10.1. The minimum atomic E-state index is 0.718. The van der Waals surface area contributed by atoms with Gasteiger partial charge in [0.05, 0.1) is 0 Å². The first kappa shape index (κ1) is 11.3. The summed E-state index contributed by atoms with van der Waals surface area (Å²) in [5.74, 6) is 0. The smallest absolute Gasteiger partial charge is 0.150 e. The average Bonchev–Trinajstić information content (AvgIpc) is 2.29. The van der Waals surface area contributed by atoms with Gasteiger partial charge in [0.1, 0.15) is 6.29 Å². The molecule has 0 N–H and O–H groups in total. The van der Waals surface area contributed by atoms with E-state index in [4.69, 9.17) is 0 Å². The molecular formula is C14H11IO. The minimum absolute atomic E-state index is 0.718. The average molecular weight is 322 g/mol. The van der Waals surface area contributed by atoms with Gasteiger partial charge in [-0.3, -0.25) is 4.79 Å². The second-order valence-electron chi connectivity index (χ2n) is 3.70. The summed E-state index contributed by atoms with van der Waals surface area (Å²) in [5.41, 5.74) is 4.23. The zero-order valence-corrected chi connectivity index (χ0v) is 11.1. The van der Waals surface area contributed by atoms with Gasteiger partial charge < -0.3 is 0 Å². The van der Waals surface area contributed by atoms with Crippen LogP contribution in [0, 0.1) is 10.5 Å². The fraction of sp³-hybridized carbons (Fsp3) is 0.0714. The molecule has 2 rings (SSSR count). The van der Waals surface area contributed by atoms with E-state index in [1.54, 1.807) is 0 Å². The maximum atomic E-state index is 10.7. The number of carbonyl (C=O) groups is 1. The number of aryl methyl sites for hydroxylation is 1. The highest BCUT2D eigenvalue weighted by molar-refractivity contribution is 14.1. The zero-order chi connectivity index (χ0) is 11.5. The Balaban J connectivity index is 2.53. The van der Waals surface area contributed by atoms with Crippen molar-refractivity contribution in [1.82, 2.24) is 0 Å². The standard InChI is InChI=1S/C14H11IO/c1-10-7-13(15)5-6-14(10)12-4-2-3-11(8-12)9-16/h2-9H,1H3. The third-order valence-electron chi connectivity index (χ3n) is 2.52. The van der Waals surface area contributed by atoms with Gasteiger partial charge in [0.25, 0.3) is 0 Å². The summed E-state index contributed by atoms with van der Waals surface area (Å²) in [6.45, 7) is 2.09. The highest BCUT2D eigenvalue weighted by Gasteiger charge is 2.02. The van der Waals surface area contributed by atoms with Crippen molar-refractivity contribution in [2.75, 3.05) is 0 Å². The molecule has 0 fully saturated rings. The van der Waals surface area contributed by atoms with Crippen molar-refractivity contribution in [3.8, 4) is 11.1 Å². The zero-order valence-electron chi connectivity index (χ0n) is 8.91. The summed E-state index contributed by atoms with van der Waals surface area (Å²) in [6.07, 6.45) is 0.880. The maximum Gasteiger partial charge on any atom is 0.150 e. The van der Waals surface area contributed by atoms with Gasteiger partial charge in [-0.05, 0) is 64.4 Å². The van der Waals surface area contributed by atoms with Crippen LogP contribution in [0.1, 0.15) is 15.9 Å². The van der Waals surface area contributed by atoms with E-state index < -0.39 is 0 Å². The molecule has 0 aliphatic carbocycles. The highest BCUT2D eigenvalue weighted by atomic mass is 127. The van der Waals surface area contributed by atoms with Gasteiger partial charge in [0, 0.05) is 9.13 Å². The molecule has 1 nitrogen and oxygen atoms in total. The number of benzene rings is 2. The topological polar surface area (TPSA) is 17.1 Å². The second kappa shape index (κ2) is 4.78. The van der Waals surface area contributed by atoms with Gasteiger partial charge in [-0.15, -0.1) is 0 Å². The predicted octanol–water partition coefficient (Wildman–Crippen LogP) is 4.08. The first-order valence-electron chi connectivity index (χ1n) is 5.02. The quantitative estimate of drug-likeness (QED) is 0.601. The molecule has 80 valence electrons. The largest absolute Gasteiger partial charge is 0.298 e. The van der Waals surface area contributed by atoms with Crippen molar-refractivity contribution in [2.45, 2.75) is 6.92 Å². The summed E-state index contributed by atoms with van der Waals surface area (Å²) in [6, 6.07) is 14.0. The van der Waals surface area contributed by atoms with E-state index in [0.717, 1.165) is 17.4 Å². The molecule has 0 unspecified atom stereocenters. The number of hydrogen-bond donors (Lipinski definition) is 0. The predicted molar refractivity (Wildman–Crippen MR) is 74.7 cm³/mol. The molecule has 0 aliphatic heterocycles. The Hall–Kier alpha value is -1.16. The van der Waals surface area contributed by atoms with Crippen molar-refractivity contribution >= 4 is 28.9 Å². The van der Waals surface area contributed by atoms with E-state index in [1.807, 2.05) is 24.3 Å². The van der Waals surface area contributed by atoms with E-state index in [2.05, 4.69) is 47.7 Å². The van der Waals surface area contributed by atoms with Crippen LogP contribution in [0.5, 0.6) is 0 Å². The van der Waals surface area contributed by atoms with Crippen LogP contribution in [-0.2, 0) is 0 Å². The van der Waals surface area contributed by atoms with Gasteiger partial charge in [-0.2, -0.15) is 0 Å². The van der Waals surface area contributed by atoms with Crippen LogP contribution in [0.2, 0.25) is 0 Å². The summed E-state index contributed by atoms with van der Waals surface area (Å²) in [4.78, 5) is 10.7. The van der Waals surface area contributed by atoms with Crippen LogP contribution in [-0.4, -0.2) is 6.29 Å². The van der Waals surface area contributed by atoms with Gasteiger partial charge in [-0.1, -0.05) is 24.3 Å². The Morgan fingerprint density at radius 2 is 1.94 bits per heavy atom. The molecule has 0 bridgehead atoms. The highest BCUT2D eigenvalue weighted by Crippen LogP contribution is 2.25. The molecule has 2 aromatic rings. The molecule has 0 amide bonds. The number of rotatable bonds is 2. The van der Waals surface area contributed by atoms with Crippen molar-refractivity contribution in [3.05, 3.63) is 57.2 Å². The Labute approximate surface area is 109 Å². The molecule has 0 spiro atoms. The molecule has 0 saturated heterocycles. The lowest BCUT2D eigenvalue weighted by molar-refractivity contribution is 0.112. The first-order chi connectivity index (χ1) is 7.70. The van der Waals surface area contributed by atoms with Crippen LogP contribution in [0.25, 0.3) is 11.1 Å². The number of carbonyl (C=O) groups excluding carboxylic acids is 1. The molecule has 0 saturated carbocycles. The number of aldehydes is 1. The van der Waals surface area contributed by atoms with E-state index in [0.29, 0.717) is 0 Å². The van der Waals surface area contributed by atoms with Crippen molar-refractivity contribution in [3.63, 3.8) is 0 Å². The fourth-order valence-electron chi connectivity index (χ4n) is 1.73. The summed E-state index contributed by atoms with van der Waals surface area (Å²) >= 11 is 2.30. The molecule has 16 heavy (non-hydrogen) atoms. The van der Waals surface area contributed by atoms with Gasteiger partial charge in [-0.25, -0.2) is 0 Å². The lowest BCUT2D eigenvalue weighted by Crippen LogP contribution is -1.86. The molecule has 0 atom stereocenters. The molecule has 2 aromatic carbocycles. The van der Waals surface area contributed by atoms with Crippen LogP contribution in [0.15, 0.2) is 42.5 Å². The van der Waals surface area contributed by atoms with Crippen LogP contribution < -0.4 is 0 Å². The van der Waals surface area contributed by atoms with E-state index in [-0.39, 0.29) is 0 Å². The maximum absolute atomic E-state index is 10.7. The third-order valence-corrected chi connectivity index (χ3v) is 3.19. The van der Waals surface area contributed by atoms with Crippen molar-refractivity contribution in [1.29, 1.82) is 0 Å². The van der Waals surface area contributed by atoms with E-state index >= 15 is 0 Å². The van der Waals surface area contributed by atoms with Gasteiger partial charge >= 0.3 is 0 Å². The molecule has 0 aliphatic rings. The summed E-state index contributed by atoms with van der Waals surface area (Å²) < 4.78 is 1.23. The molecule has 0 radical (unpaired) electrons. The lowest BCUT2D eigenvalue weighted by Gasteiger charge is -2.07. The minimum Gasteiger partial charge on any atom is -0.298 e. The summed E-state index contributed by atoms with van der Waals surface area (Å²) in [7, 11) is 0. The Morgan fingerprint density at radius 1 is 1.12 bits per heavy atom. The van der Waals surface area contributed by atoms with Crippen LogP contribution in [0.4, 0.5) is 0 Å². The number of hydrogen-bond acceptors (Lipinski definition) is 1. The molecule has 2 heteroatoms. The molecule has 0 aromatic heterocycles. The van der Waals surface area contributed by atoms with Crippen molar-refractivity contribution in [2.24, 2.45) is 0 Å².